The Morgan fingerprint density at radius 3 is 2.10 bits per heavy atom. The molecule has 10 atom stereocenters. The van der Waals surface area contributed by atoms with Crippen LogP contribution in [0.3, 0.4) is 0 Å². The highest BCUT2D eigenvalue weighted by molar-refractivity contribution is 5.76. The van der Waals surface area contributed by atoms with Crippen molar-refractivity contribution in [2.24, 2.45) is 52.3 Å². The molecular formula is C47H82N2O2. The van der Waals surface area contributed by atoms with E-state index in [-0.39, 0.29) is 5.91 Å². The molecule has 4 aliphatic rings. The average Bonchev–Trinajstić information content (AvgIpc) is 3.48. The Balaban J connectivity index is 1.11. The van der Waals surface area contributed by atoms with Crippen LogP contribution >= 0.6 is 0 Å². The molecule has 0 bridgehead atoms. The summed E-state index contributed by atoms with van der Waals surface area (Å²) in [6, 6.07) is 0.387. The summed E-state index contributed by atoms with van der Waals surface area (Å²) >= 11 is 0. The van der Waals surface area contributed by atoms with E-state index in [1.807, 2.05) is 6.08 Å². The van der Waals surface area contributed by atoms with E-state index < -0.39 is 0 Å². The van der Waals surface area contributed by atoms with Gasteiger partial charge in [-0.3, -0.25) is 9.59 Å². The van der Waals surface area contributed by atoms with E-state index in [0.717, 1.165) is 42.4 Å². The quantitative estimate of drug-likeness (QED) is 0.0821. The number of rotatable bonds is 23. The van der Waals surface area contributed by atoms with Crippen molar-refractivity contribution < 1.29 is 9.59 Å². The Kier molecular flexibility index (Phi) is 17.6. The van der Waals surface area contributed by atoms with Gasteiger partial charge in [-0.05, 0) is 149 Å². The maximum absolute atomic E-state index is 13.0. The van der Waals surface area contributed by atoms with E-state index in [1.54, 1.807) is 0 Å². The molecule has 2 amide bonds. The number of hydrogen-bond donors (Lipinski definition) is 2. The van der Waals surface area contributed by atoms with Crippen molar-refractivity contribution in [3.05, 3.63) is 24.8 Å². The molecule has 292 valence electrons. The summed E-state index contributed by atoms with van der Waals surface area (Å²) in [6.45, 7) is 16.7. The molecule has 4 heteroatoms. The molecule has 0 saturated heterocycles. The molecule has 4 nitrogen and oxygen atoms in total. The number of allylic oxidation sites excluding steroid dienone is 2. The van der Waals surface area contributed by atoms with Gasteiger partial charge in [0.2, 0.25) is 11.8 Å². The largest absolute Gasteiger partial charge is 0.356 e. The lowest BCUT2D eigenvalue weighted by atomic mass is 9.44. The number of carbonyl (C=O) groups is 2. The maximum Gasteiger partial charge on any atom is 0.220 e. The predicted octanol–water partition coefficient (Wildman–Crippen LogP) is 12.5. The van der Waals surface area contributed by atoms with E-state index >= 15 is 0 Å². The first-order valence-corrected chi connectivity index (χ1v) is 22.5. The van der Waals surface area contributed by atoms with E-state index in [0.29, 0.717) is 54.0 Å². The van der Waals surface area contributed by atoms with Crippen molar-refractivity contribution in [2.75, 3.05) is 6.54 Å². The summed E-state index contributed by atoms with van der Waals surface area (Å²) in [6.07, 6.45) is 37.9. The normalized spacial score (nSPS) is 32.8. The summed E-state index contributed by atoms with van der Waals surface area (Å²) in [4.78, 5) is 25.5. The molecule has 0 spiro atoms. The first kappa shape index (κ1) is 42.2. The third kappa shape index (κ3) is 12.0. The third-order valence-electron chi connectivity index (χ3n) is 15.3. The van der Waals surface area contributed by atoms with Crippen molar-refractivity contribution in [1.29, 1.82) is 0 Å². The minimum absolute atomic E-state index is 0.208. The van der Waals surface area contributed by atoms with Crippen LogP contribution in [0.15, 0.2) is 24.8 Å². The molecular weight excluding hydrogens is 625 g/mol. The van der Waals surface area contributed by atoms with Crippen molar-refractivity contribution in [3.8, 4) is 0 Å². The van der Waals surface area contributed by atoms with Crippen LogP contribution in [0, 0.1) is 52.3 Å². The number of amides is 2. The molecule has 0 heterocycles. The first-order chi connectivity index (χ1) is 24.6. The Morgan fingerprint density at radius 1 is 0.745 bits per heavy atom. The van der Waals surface area contributed by atoms with Crippen molar-refractivity contribution in [3.63, 3.8) is 0 Å². The summed E-state index contributed by atoms with van der Waals surface area (Å²) < 4.78 is 0. The van der Waals surface area contributed by atoms with Gasteiger partial charge in [0.25, 0.3) is 0 Å². The monoisotopic (exact) mass is 707 g/mol. The van der Waals surface area contributed by atoms with Gasteiger partial charge in [0.15, 0.2) is 0 Å². The fourth-order valence-corrected chi connectivity index (χ4v) is 12.0. The van der Waals surface area contributed by atoms with Gasteiger partial charge in [-0.2, -0.15) is 0 Å². The lowest BCUT2D eigenvalue weighted by Gasteiger charge is -2.61. The number of unbranched alkanes of at least 4 members (excludes halogenated alkanes) is 11. The molecule has 0 aromatic rings. The Hall–Kier alpha value is -1.58. The second-order valence-electron chi connectivity index (χ2n) is 18.8. The van der Waals surface area contributed by atoms with Gasteiger partial charge in [-0.15, -0.1) is 6.58 Å². The van der Waals surface area contributed by atoms with Crippen LogP contribution in [-0.4, -0.2) is 24.4 Å². The number of fused-ring (bicyclic) bond motifs is 5. The molecule has 4 aliphatic carbocycles. The SMILES string of the molecule is C=C[C@H](C)CNC(=O)CC[C@@H](C)[C@H]1CCC2C3CCC4C[C@@H](NC(=O)CCCCCCC/C=C\CCCCCCCC)CC[C@]4(C)C3CC[C@@]21C. The lowest BCUT2D eigenvalue weighted by Crippen LogP contribution is -2.55. The maximum atomic E-state index is 13.0. The molecule has 0 aromatic heterocycles. The average molecular weight is 707 g/mol. The minimum Gasteiger partial charge on any atom is -0.356 e. The van der Waals surface area contributed by atoms with Crippen LogP contribution in [0.2, 0.25) is 0 Å². The van der Waals surface area contributed by atoms with Crippen LogP contribution < -0.4 is 10.6 Å². The van der Waals surface area contributed by atoms with Gasteiger partial charge in [0.1, 0.15) is 0 Å². The number of nitrogens with one attached hydrogen (secondary N) is 2. The van der Waals surface area contributed by atoms with Gasteiger partial charge in [-0.1, -0.05) is 104 Å². The highest BCUT2D eigenvalue weighted by Gasteiger charge is 2.60. The molecule has 0 radical (unpaired) electrons. The summed E-state index contributed by atoms with van der Waals surface area (Å²) in [5.74, 6) is 5.55. The minimum atomic E-state index is 0.208. The summed E-state index contributed by atoms with van der Waals surface area (Å²) in [5, 5.41) is 6.63. The van der Waals surface area contributed by atoms with Gasteiger partial charge < -0.3 is 10.6 Å². The van der Waals surface area contributed by atoms with E-state index in [2.05, 4.69) is 64.0 Å². The second-order valence-corrected chi connectivity index (χ2v) is 18.8. The zero-order valence-electron chi connectivity index (χ0n) is 34.3. The Labute approximate surface area is 316 Å². The van der Waals surface area contributed by atoms with Gasteiger partial charge in [0.05, 0.1) is 0 Å². The van der Waals surface area contributed by atoms with Crippen LogP contribution in [0.5, 0.6) is 0 Å². The second kappa shape index (κ2) is 21.3. The molecule has 4 fully saturated rings. The predicted molar refractivity (Wildman–Crippen MR) is 217 cm³/mol. The molecule has 4 rings (SSSR count). The molecule has 51 heavy (non-hydrogen) atoms. The molecule has 0 aliphatic heterocycles. The van der Waals surface area contributed by atoms with Crippen molar-refractivity contribution >= 4 is 11.8 Å². The van der Waals surface area contributed by atoms with Crippen LogP contribution in [0.1, 0.15) is 195 Å². The first-order valence-electron chi connectivity index (χ1n) is 22.5. The third-order valence-corrected chi connectivity index (χ3v) is 15.3. The van der Waals surface area contributed by atoms with Crippen molar-refractivity contribution in [1.82, 2.24) is 10.6 Å². The smallest absolute Gasteiger partial charge is 0.220 e. The number of carbonyl (C=O) groups excluding carboxylic acids is 2. The molecule has 4 unspecified atom stereocenters. The molecule has 0 aromatic carbocycles. The van der Waals surface area contributed by atoms with Gasteiger partial charge in [-0.25, -0.2) is 0 Å². The van der Waals surface area contributed by atoms with E-state index in [4.69, 9.17) is 0 Å². The Morgan fingerprint density at radius 2 is 1.39 bits per heavy atom. The molecule has 4 saturated carbocycles. The topological polar surface area (TPSA) is 58.2 Å². The summed E-state index contributed by atoms with van der Waals surface area (Å²) in [5.41, 5.74) is 0.881. The van der Waals surface area contributed by atoms with Crippen LogP contribution in [-0.2, 0) is 9.59 Å². The lowest BCUT2D eigenvalue weighted by molar-refractivity contribution is -0.128. The molecule has 2 N–H and O–H groups in total. The number of hydrogen-bond acceptors (Lipinski definition) is 2. The fourth-order valence-electron chi connectivity index (χ4n) is 12.0. The van der Waals surface area contributed by atoms with E-state index in [1.165, 1.54) is 135 Å². The Bertz CT molecular complexity index is 1080. The van der Waals surface area contributed by atoms with E-state index in [9.17, 15) is 9.59 Å². The zero-order valence-corrected chi connectivity index (χ0v) is 34.3. The van der Waals surface area contributed by atoms with Crippen molar-refractivity contribution in [2.45, 2.75) is 201 Å². The van der Waals surface area contributed by atoms with Gasteiger partial charge >= 0.3 is 0 Å². The summed E-state index contributed by atoms with van der Waals surface area (Å²) in [7, 11) is 0. The van der Waals surface area contributed by atoms with Crippen LogP contribution in [0.25, 0.3) is 0 Å². The highest BCUT2D eigenvalue weighted by atomic mass is 16.2. The standard InChI is InChI=1S/C47H82N2O2/c1-7-9-10-11-12-13-14-15-16-17-18-19-20-21-22-23-45(51)49-39-30-32-46(5)38(34-39)25-26-40-42-28-27-41(47(42,6)33-31-43(40)46)37(4)24-29-44(50)48-35-36(3)8-2/h8,15-16,36-43H,2,7,9-14,17-35H2,1,3-6H3,(H,48,50)(H,49,51)/b16-15-/t36-,37+,38?,39-,40?,41+,42?,43?,46-,47+/m0/s1. The highest BCUT2D eigenvalue weighted by Crippen LogP contribution is 2.68. The van der Waals surface area contributed by atoms with Crippen LogP contribution in [0.4, 0.5) is 0 Å². The fraction of sp³-hybridized carbons (Fsp3) is 0.872. The zero-order chi connectivity index (χ0) is 36.7. The van der Waals surface area contributed by atoms with Gasteiger partial charge in [0, 0.05) is 25.4 Å².